The first-order valence-electron chi connectivity index (χ1n) is 8.05. The van der Waals surface area contributed by atoms with E-state index in [-0.39, 0.29) is 41.5 Å². The summed E-state index contributed by atoms with van der Waals surface area (Å²) < 4.78 is 32.9. The third-order valence-corrected chi connectivity index (χ3v) is 4.67. The van der Waals surface area contributed by atoms with E-state index in [0.717, 1.165) is 38.5 Å². The van der Waals surface area contributed by atoms with Gasteiger partial charge in [-0.2, -0.15) is 0 Å². The molecule has 3 rings (SSSR count). The number of likely N-dealkylation sites (tertiary alicyclic amines) is 1. The fourth-order valence-electron chi connectivity index (χ4n) is 3.40. The summed E-state index contributed by atoms with van der Waals surface area (Å²) in [5.41, 5.74) is 0.194. The van der Waals surface area contributed by atoms with Crippen LogP contribution in [0.2, 0.25) is 0 Å². The number of hydrogen-bond acceptors (Lipinski definition) is 2. The van der Waals surface area contributed by atoms with Gasteiger partial charge in [0.05, 0.1) is 6.61 Å². The molecule has 3 atom stereocenters. The highest BCUT2D eigenvalue weighted by Crippen LogP contribution is 2.43. The third-order valence-electron chi connectivity index (χ3n) is 4.67. The van der Waals surface area contributed by atoms with Crippen LogP contribution < -0.4 is 5.32 Å². The number of aliphatic imine (C=N–C) groups is 1. The van der Waals surface area contributed by atoms with Gasteiger partial charge < -0.3 is 15.0 Å². The maximum atomic E-state index is 13.8. The van der Waals surface area contributed by atoms with Gasteiger partial charge in [0.25, 0.3) is 0 Å². The number of methoxy groups -OCH3 is 1. The van der Waals surface area contributed by atoms with Gasteiger partial charge in [-0.3, -0.25) is 4.99 Å². The first kappa shape index (κ1) is 19.4. The van der Waals surface area contributed by atoms with E-state index in [1.807, 2.05) is 0 Å². The molecule has 1 aliphatic heterocycles. The average Bonchev–Trinajstić information content (AvgIpc) is 3.11. The van der Waals surface area contributed by atoms with Crippen LogP contribution in [0.3, 0.4) is 0 Å². The lowest BCUT2D eigenvalue weighted by Crippen LogP contribution is -2.41. The van der Waals surface area contributed by atoms with Crippen molar-refractivity contribution in [2.75, 3.05) is 33.9 Å². The largest absolute Gasteiger partial charge is 0.384 e. The van der Waals surface area contributed by atoms with Gasteiger partial charge in [0, 0.05) is 50.7 Å². The van der Waals surface area contributed by atoms with Crippen LogP contribution in [0.25, 0.3) is 0 Å². The van der Waals surface area contributed by atoms with Crippen LogP contribution in [-0.2, 0) is 4.74 Å². The quantitative estimate of drug-likeness (QED) is 0.435. The van der Waals surface area contributed by atoms with Crippen molar-refractivity contribution < 1.29 is 13.5 Å². The number of halogens is 3. The predicted molar refractivity (Wildman–Crippen MR) is 101 cm³/mol. The molecular formula is C17H24F2IN3O. The number of rotatable bonds is 4. The lowest BCUT2D eigenvalue weighted by atomic mass is 10.1. The molecule has 1 aromatic carbocycles. The second kappa shape index (κ2) is 8.42. The Balaban J connectivity index is 0.00000208. The number of benzene rings is 1. The van der Waals surface area contributed by atoms with Gasteiger partial charge in [-0.05, 0) is 25.0 Å². The number of nitrogens with one attached hydrogen (secondary N) is 1. The Hall–Kier alpha value is -0.960. The summed E-state index contributed by atoms with van der Waals surface area (Å²) in [4.78, 5) is 6.51. The van der Waals surface area contributed by atoms with E-state index in [2.05, 4.69) is 15.2 Å². The van der Waals surface area contributed by atoms with E-state index < -0.39 is 11.6 Å². The molecule has 1 heterocycles. The summed E-state index contributed by atoms with van der Waals surface area (Å²) in [5.74, 6) is 0.280. The molecule has 1 aliphatic carbocycles. The van der Waals surface area contributed by atoms with Gasteiger partial charge in [-0.25, -0.2) is 8.78 Å². The molecular weight excluding hydrogens is 427 g/mol. The van der Waals surface area contributed by atoms with E-state index in [0.29, 0.717) is 5.92 Å². The Morgan fingerprint density at radius 1 is 1.38 bits per heavy atom. The van der Waals surface area contributed by atoms with E-state index >= 15 is 0 Å². The predicted octanol–water partition coefficient (Wildman–Crippen LogP) is 2.98. The van der Waals surface area contributed by atoms with Crippen LogP contribution >= 0.6 is 24.0 Å². The molecule has 0 amide bonds. The molecule has 0 aromatic heterocycles. The fourth-order valence-corrected chi connectivity index (χ4v) is 3.40. The van der Waals surface area contributed by atoms with Crippen LogP contribution in [0.15, 0.2) is 23.2 Å². The minimum absolute atomic E-state index is 0. The topological polar surface area (TPSA) is 36.9 Å². The molecule has 2 fully saturated rings. The number of ether oxygens (including phenoxy) is 1. The monoisotopic (exact) mass is 451 g/mol. The van der Waals surface area contributed by atoms with E-state index in [9.17, 15) is 8.78 Å². The van der Waals surface area contributed by atoms with Crippen LogP contribution in [0, 0.1) is 17.6 Å². The maximum Gasteiger partial charge on any atom is 0.193 e. The van der Waals surface area contributed by atoms with Crippen molar-refractivity contribution in [1.82, 2.24) is 10.2 Å². The highest BCUT2D eigenvalue weighted by Gasteiger charge is 2.43. The molecule has 4 nitrogen and oxygen atoms in total. The van der Waals surface area contributed by atoms with Gasteiger partial charge in [0.1, 0.15) is 11.6 Å². The van der Waals surface area contributed by atoms with E-state index in [1.54, 1.807) is 14.2 Å². The molecule has 2 aliphatic rings. The molecule has 1 N–H and O–H groups in total. The molecule has 3 unspecified atom stereocenters. The summed E-state index contributed by atoms with van der Waals surface area (Å²) in [6, 6.07) is 4.08. The van der Waals surface area contributed by atoms with Crippen molar-refractivity contribution in [3.8, 4) is 0 Å². The van der Waals surface area contributed by atoms with Crippen LogP contribution in [0.1, 0.15) is 24.3 Å². The lowest BCUT2D eigenvalue weighted by molar-refractivity contribution is 0.157. The van der Waals surface area contributed by atoms with Crippen molar-refractivity contribution in [1.29, 1.82) is 0 Å². The van der Waals surface area contributed by atoms with Crippen molar-refractivity contribution in [2.24, 2.45) is 10.9 Å². The first-order chi connectivity index (χ1) is 11.1. The molecule has 1 saturated heterocycles. The number of nitrogens with zero attached hydrogens (tertiary/aromatic N) is 2. The average molecular weight is 451 g/mol. The van der Waals surface area contributed by atoms with Crippen LogP contribution in [0.4, 0.5) is 8.78 Å². The van der Waals surface area contributed by atoms with Gasteiger partial charge >= 0.3 is 0 Å². The second-order valence-corrected chi connectivity index (χ2v) is 6.33. The maximum absolute atomic E-state index is 13.8. The summed E-state index contributed by atoms with van der Waals surface area (Å²) >= 11 is 0. The SMILES string of the molecule is CN=C(NC1CC1c1c(F)cccc1F)N1CCC(COC)C1.I. The minimum Gasteiger partial charge on any atom is -0.384 e. The summed E-state index contributed by atoms with van der Waals surface area (Å²) in [7, 11) is 3.46. The first-order valence-corrected chi connectivity index (χ1v) is 8.05. The Bertz CT molecular complexity index is 579. The Morgan fingerprint density at radius 2 is 2.08 bits per heavy atom. The molecule has 0 spiro atoms. The van der Waals surface area contributed by atoms with Crippen LogP contribution in [0.5, 0.6) is 0 Å². The Labute approximate surface area is 158 Å². The lowest BCUT2D eigenvalue weighted by Gasteiger charge is -2.22. The highest BCUT2D eigenvalue weighted by molar-refractivity contribution is 14.0. The van der Waals surface area contributed by atoms with Crippen molar-refractivity contribution >= 4 is 29.9 Å². The van der Waals surface area contributed by atoms with Gasteiger partial charge in [-0.1, -0.05) is 6.07 Å². The summed E-state index contributed by atoms with van der Waals surface area (Å²) in [6.07, 6.45) is 1.80. The molecule has 0 bridgehead atoms. The van der Waals surface area contributed by atoms with Crippen molar-refractivity contribution in [3.63, 3.8) is 0 Å². The molecule has 7 heteroatoms. The normalized spacial score (nSPS) is 26.2. The zero-order valence-corrected chi connectivity index (χ0v) is 16.3. The van der Waals surface area contributed by atoms with Gasteiger partial charge in [-0.15, -0.1) is 24.0 Å². The number of guanidine groups is 1. The minimum atomic E-state index is -0.462. The standard InChI is InChI=1S/C17H23F2N3O.HI/c1-20-17(22-7-6-11(9-22)10-23-2)21-15-8-12(15)16-13(18)4-3-5-14(16)19;/h3-5,11-12,15H,6-10H2,1-2H3,(H,20,21);1H. The van der Waals surface area contributed by atoms with Gasteiger partial charge in [0.2, 0.25) is 0 Å². The van der Waals surface area contributed by atoms with Gasteiger partial charge in [0.15, 0.2) is 5.96 Å². The smallest absolute Gasteiger partial charge is 0.193 e. The molecule has 1 saturated carbocycles. The highest BCUT2D eigenvalue weighted by atomic mass is 127. The summed E-state index contributed by atoms with van der Waals surface area (Å²) in [6.45, 7) is 2.58. The van der Waals surface area contributed by atoms with E-state index in [4.69, 9.17) is 4.74 Å². The van der Waals surface area contributed by atoms with Crippen LogP contribution in [-0.4, -0.2) is 50.8 Å². The Kier molecular flexibility index (Phi) is 6.79. The zero-order chi connectivity index (χ0) is 16.4. The molecule has 134 valence electrons. The fraction of sp³-hybridized carbons (Fsp3) is 0.588. The zero-order valence-electron chi connectivity index (χ0n) is 14.0. The molecule has 1 aromatic rings. The molecule has 24 heavy (non-hydrogen) atoms. The van der Waals surface area contributed by atoms with E-state index in [1.165, 1.54) is 18.2 Å². The molecule has 0 radical (unpaired) electrons. The second-order valence-electron chi connectivity index (χ2n) is 6.33. The summed E-state index contributed by atoms with van der Waals surface area (Å²) in [5, 5.41) is 3.35. The Morgan fingerprint density at radius 3 is 2.71 bits per heavy atom. The third kappa shape index (κ3) is 4.17. The number of hydrogen-bond donors (Lipinski definition) is 1. The van der Waals surface area contributed by atoms with Crippen molar-refractivity contribution in [3.05, 3.63) is 35.4 Å². The van der Waals surface area contributed by atoms with Crippen molar-refractivity contribution in [2.45, 2.75) is 24.8 Å².